The summed E-state index contributed by atoms with van der Waals surface area (Å²) in [5.41, 5.74) is 11.8. The second kappa shape index (κ2) is 8.22. The smallest absolute Gasteiger partial charge is 0.207 e. The Morgan fingerprint density at radius 1 is 0.893 bits per heavy atom. The molecule has 2 unspecified atom stereocenters. The zero-order chi connectivity index (χ0) is 19.3. The standard InChI is InChI=1S/C21H22N6O/c22-16-9-7-14-15(8-10-17(16)25-13-28)21(19-6-2-4-12-24-19)27-26-20(14)18-5-1-3-11-23-18/h1-6,11-13,16-17H,7-10,22H2,(H,25,28). The van der Waals surface area contributed by atoms with Gasteiger partial charge in [0.25, 0.3) is 0 Å². The van der Waals surface area contributed by atoms with E-state index in [9.17, 15) is 4.79 Å². The largest absolute Gasteiger partial charge is 0.354 e. The normalized spacial score (nSPS) is 19.2. The van der Waals surface area contributed by atoms with E-state index >= 15 is 0 Å². The topological polar surface area (TPSA) is 107 Å². The number of fused-ring (bicyclic) bond motifs is 1. The van der Waals surface area contributed by atoms with Gasteiger partial charge in [0.05, 0.1) is 11.4 Å². The number of aromatic nitrogens is 4. The minimum absolute atomic E-state index is 0.0614. The highest BCUT2D eigenvalue weighted by Gasteiger charge is 2.26. The molecule has 0 aliphatic heterocycles. The number of carbonyl (C=O) groups is 1. The van der Waals surface area contributed by atoms with Crippen LogP contribution in [0.3, 0.4) is 0 Å². The zero-order valence-electron chi connectivity index (χ0n) is 15.5. The molecule has 0 aromatic carbocycles. The van der Waals surface area contributed by atoms with E-state index in [4.69, 9.17) is 5.73 Å². The number of hydrogen-bond acceptors (Lipinski definition) is 6. The van der Waals surface area contributed by atoms with E-state index in [2.05, 4.69) is 25.5 Å². The lowest BCUT2D eigenvalue weighted by atomic mass is 9.86. The third-order valence-electron chi connectivity index (χ3n) is 5.23. The van der Waals surface area contributed by atoms with Gasteiger partial charge in [0.1, 0.15) is 11.4 Å². The number of nitrogens with two attached hydrogens (primary N) is 1. The predicted molar refractivity (Wildman–Crippen MR) is 106 cm³/mol. The van der Waals surface area contributed by atoms with Crippen LogP contribution in [0, 0.1) is 0 Å². The van der Waals surface area contributed by atoms with Crippen LogP contribution in [-0.4, -0.2) is 38.7 Å². The van der Waals surface area contributed by atoms with Crippen molar-refractivity contribution in [2.45, 2.75) is 37.8 Å². The van der Waals surface area contributed by atoms with Crippen molar-refractivity contribution in [2.75, 3.05) is 0 Å². The van der Waals surface area contributed by atoms with Crippen LogP contribution in [0.2, 0.25) is 0 Å². The van der Waals surface area contributed by atoms with Crippen LogP contribution < -0.4 is 11.1 Å². The molecule has 142 valence electrons. The summed E-state index contributed by atoms with van der Waals surface area (Å²) in [6.45, 7) is 0. The number of pyridine rings is 2. The number of hydrogen-bond donors (Lipinski definition) is 2. The summed E-state index contributed by atoms with van der Waals surface area (Å²) in [5, 5.41) is 11.9. The van der Waals surface area contributed by atoms with Crippen molar-refractivity contribution in [2.24, 2.45) is 5.73 Å². The number of amides is 1. The summed E-state index contributed by atoms with van der Waals surface area (Å²) < 4.78 is 0. The highest BCUT2D eigenvalue weighted by Crippen LogP contribution is 2.32. The summed E-state index contributed by atoms with van der Waals surface area (Å²) in [7, 11) is 0. The van der Waals surface area contributed by atoms with E-state index < -0.39 is 0 Å². The molecule has 2 atom stereocenters. The minimum atomic E-state index is -0.110. The Bertz CT molecular complexity index is 948. The van der Waals surface area contributed by atoms with Crippen LogP contribution in [-0.2, 0) is 17.6 Å². The Kier molecular flexibility index (Phi) is 5.34. The molecule has 3 aromatic heterocycles. The van der Waals surface area contributed by atoms with Crippen molar-refractivity contribution in [3.63, 3.8) is 0 Å². The van der Waals surface area contributed by atoms with Gasteiger partial charge in [0.15, 0.2) is 0 Å². The number of rotatable bonds is 4. The molecule has 0 bridgehead atoms. The molecule has 3 heterocycles. The highest BCUT2D eigenvalue weighted by molar-refractivity contribution is 5.68. The van der Waals surface area contributed by atoms with Gasteiger partial charge in [0.2, 0.25) is 6.41 Å². The van der Waals surface area contributed by atoms with E-state index in [0.717, 1.165) is 66.0 Å². The van der Waals surface area contributed by atoms with Crippen molar-refractivity contribution < 1.29 is 4.79 Å². The van der Waals surface area contributed by atoms with Gasteiger partial charge in [-0.3, -0.25) is 14.8 Å². The Balaban J connectivity index is 1.85. The van der Waals surface area contributed by atoms with Gasteiger partial charge in [0, 0.05) is 24.5 Å². The van der Waals surface area contributed by atoms with Gasteiger partial charge >= 0.3 is 0 Å². The maximum absolute atomic E-state index is 11.0. The molecule has 4 rings (SSSR count). The molecule has 1 aliphatic rings. The van der Waals surface area contributed by atoms with Gasteiger partial charge in [-0.25, -0.2) is 0 Å². The van der Waals surface area contributed by atoms with Gasteiger partial charge in [-0.1, -0.05) is 12.1 Å². The van der Waals surface area contributed by atoms with Crippen LogP contribution in [0.4, 0.5) is 0 Å². The van der Waals surface area contributed by atoms with E-state index in [1.54, 1.807) is 12.4 Å². The van der Waals surface area contributed by atoms with Crippen molar-refractivity contribution in [1.29, 1.82) is 0 Å². The zero-order valence-corrected chi connectivity index (χ0v) is 15.5. The average Bonchev–Trinajstić information content (AvgIpc) is 2.75. The van der Waals surface area contributed by atoms with Crippen LogP contribution in [0.25, 0.3) is 22.8 Å². The molecule has 28 heavy (non-hydrogen) atoms. The average molecular weight is 374 g/mol. The fraction of sp³-hybridized carbons (Fsp3) is 0.286. The van der Waals surface area contributed by atoms with Crippen LogP contribution >= 0.6 is 0 Å². The Morgan fingerprint density at radius 3 is 1.96 bits per heavy atom. The van der Waals surface area contributed by atoms with Crippen LogP contribution in [0.15, 0.2) is 48.8 Å². The van der Waals surface area contributed by atoms with Gasteiger partial charge in [-0.05, 0) is 61.1 Å². The fourth-order valence-electron chi connectivity index (χ4n) is 3.78. The molecule has 0 fully saturated rings. The SMILES string of the molecule is NC1CCc2c(-c3ccccn3)nnc(-c3ccccn3)c2CCC1NC=O. The molecule has 1 amide bonds. The first-order valence-electron chi connectivity index (χ1n) is 9.44. The summed E-state index contributed by atoms with van der Waals surface area (Å²) in [6.07, 6.45) is 7.20. The van der Waals surface area contributed by atoms with Gasteiger partial charge in [-0.15, -0.1) is 10.2 Å². The molecule has 0 spiro atoms. The maximum Gasteiger partial charge on any atom is 0.207 e. The van der Waals surface area contributed by atoms with E-state index in [-0.39, 0.29) is 12.1 Å². The van der Waals surface area contributed by atoms with Gasteiger partial charge in [-0.2, -0.15) is 0 Å². The van der Waals surface area contributed by atoms with Crippen molar-refractivity contribution >= 4 is 6.41 Å². The number of nitrogens with one attached hydrogen (secondary N) is 1. The Labute approximate surface area is 163 Å². The van der Waals surface area contributed by atoms with E-state index in [1.165, 1.54) is 0 Å². The molecule has 7 heteroatoms. The second-order valence-electron chi connectivity index (χ2n) is 6.92. The van der Waals surface area contributed by atoms with Crippen LogP contribution in [0.1, 0.15) is 24.0 Å². The molecule has 0 saturated heterocycles. The van der Waals surface area contributed by atoms with E-state index in [0.29, 0.717) is 0 Å². The molecule has 3 aromatic rings. The first kappa shape index (κ1) is 18.2. The minimum Gasteiger partial charge on any atom is -0.354 e. The molecule has 0 radical (unpaired) electrons. The van der Waals surface area contributed by atoms with Gasteiger partial charge < -0.3 is 11.1 Å². The lowest BCUT2D eigenvalue weighted by Crippen LogP contribution is -2.46. The molecule has 1 aliphatic carbocycles. The van der Waals surface area contributed by atoms with Crippen molar-refractivity contribution in [3.05, 3.63) is 59.9 Å². The second-order valence-corrected chi connectivity index (χ2v) is 6.92. The predicted octanol–water partition coefficient (Wildman–Crippen LogP) is 1.92. The van der Waals surface area contributed by atoms with E-state index in [1.807, 2.05) is 36.4 Å². The van der Waals surface area contributed by atoms with Crippen molar-refractivity contribution in [3.8, 4) is 22.8 Å². The fourth-order valence-corrected chi connectivity index (χ4v) is 3.78. The molecule has 7 nitrogen and oxygen atoms in total. The number of carbonyl (C=O) groups excluding carboxylic acids is 1. The summed E-state index contributed by atoms with van der Waals surface area (Å²) in [4.78, 5) is 19.9. The Morgan fingerprint density at radius 2 is 1.46 bits per heavy atom. The lowest BCUT2D eigenvalue weighted by Gasteiger charge is -2.28. The summed E-state index contributed by atoms with van der Waals surface area (Å²) in [6, 6.07) is 11.4. The molecular formula is C21H22N6O. The number of nitrogens with zero attached hydrogens (tertiary/aromatic N) is 4. The Hall–Kier alpha value is -3.19. The third kappa shape index (κ3) is 3.61. The third-order valence-corrected chi connectivity index (χ3v) is 5.23. The molecule has 3 N–H and O–H groups in total. The summed E-state index contributed by atoms with van der Waals surface area (Å²) in [5.74, 6) is 0. The van der Waals surface area contributed by atoms with Crippen molar-refractivity contribution in [1.82, 2.24) is 25.5 Å². The quantitative estimate of drug-likeness (QED) is 0.676. The lowest BCUT2D eigenvalue weighted by molar-refractivity contribution is -0.110. The highest BCUT2D eigenvalue weighted by atomic mass is 16.1. The first-order chi connectivity index (χ1) is 13.8. The van der Waals surface area contributed by atoms with Crippen LogP contribution in [0.5, 0.6) is 0 Å². The molecule has 0 saturated carbocycles. The maximum atomic E-state index is 11.0. The molecular weight excluding hydrogens is 352 g/mol. The summed E-state index contributed by atoms with van der Waals surface area (Å²) >= 11 is 0. The first-order valence-corrected chi connectivity index (χ1v) is 9.44. The monoisotopic (exact) mass is 374 g/mol.